The van der Waals surface area contributed by atoms with Gasteiger partial charge in [0.15, 0.2) is 5.96 Å². The van der Waals surface area contributed by atoms with Crippen molar-refractivity contribution in [3.8, 4) is 0 Å². The number of halogens is 2. The summed E-state index contributed by atoms with van der Waals surface area (Å²) in [6.45, 7) is 0.816. The van der Waals surface area contributed by atoms with Crippen LogP contribution in [0.15, 0.2) is 27.7 Å². The van der Waals surface area contributed by atoms with E-state index in [0.29, 0.717) is 17.0 Å². The van der Waals surface area contributed by atoms with E-state index in [2.05, 4.69) is 25.8 Å². The second kappa shape index (κ2) is 4.74. The van der Waals surface area contributed by atoms with Crippen LogP contribution in [0.4, 0.5) is 5.69 Å². The predicted octanol–water partition coefficient (Wildman–Crippen LogP) is 3.41. The van der Waals surface area contributed by atoms with Gasteiger partial charge in [-0.25, -0.2) is 0 Å². The summed E-state index contributed by atoms with van der Waals surface area (Å²) < 4.78 is 0.897. The van der Waals surface area contributed by atoms with E-state index in [1.165, 1.54) is 19.3 Å². The number of hydrogen-bond acceptors (Lipinski definition) is 3. The Morgan fingerprint density at radius 1 is 1.39 bits per heavy atom. The number of benzene rings is 1. The summed E-state index contributed by atoms with van der Waals surface area (Å²) >= 11 is 9.50. The molecule has 0 bridgehead atoms. The van der Waals surface area contributed by atoms with Gasteiger partial charge in [0.1, 0.15) is 0 Å². The molecule has 3 rings (SSSR count). The standard InChI is InChI=1S/C13H15BrClN3/c14-10-6-9(4-5-11(10)15)18-12(7-17-13(18)16)8-2-1-3-8/h4-6,8,12H,1-3,7H2,(H2,16,17). The smallest absolute Gasteiger partial charge is 0.196 e. The largest absolute Gasteiger partial charge is 0.370 e. The lowest BCUT2D eigenvalue weighted by Gasteiger charge is -2.37. The number of nitrogens with two attached hydrogens (primary N) is 1. The van der Waals surface area contributed by atoms with Gasteiger partial charge in [-0.1, -0.05) is 18.0 Å². The van der Waals surface area contributed by atoms with E-state index in [9.17, 15) is 0 Å². The van der Waals surface area contributed by atoms with Gasteiger partial charge >= 0.3 is 0 Å². The van der Waals surface area contributed by atoms with E-state index < -0.39 is 0 Å². The van der Waals surface area contributed by atoms with Crippen molar-refractivity contribution < 1.29 is 0 Å². The van der Waals surface area contributed by atoms with Crippen LogP contribution in [0.1, 0.15) is 19.3 Å². The minimum atomic E-state index is 0.423. The summed E-state index contributed by atoms with van der Waals surface area (Å²) in [4.78, 5) is 6.56. The van der Waals surface area contributed by atoms with E-state index in [4.69, 9.17) is 17.3 Å². The van der Waals surface area contributed by atoms with Gasteiger partial charge in [0.25, 0.3) is 0 Å². The Bertz CT molecular complexity index is 499. The Morgan fingerprint density at radius 2 is 2.17 bits per heavy atom. The monoisotopic (exact) mass is 327 g/mol. The van der Waals surface area contributed by atoms with Crippen LogP contribution in [0, 0.1) is 5.92 Å². The van der Waals surface area contributed by atoms with Crippen molar-refractivity contribution in [1.29, 1.82) is 0 Å². The van der Waals surface area contributed by atoms with Crippen LogP contribution >= 0.6 is 27.5 Å². The van der Waals surface area contributed by atoms with Crippen LogP contribution in [0.5, 0.6) is 0 Å². The summed E-state index contributed by atoms with van der Waals surface area (Å²) in [5.41, 5.74) is 7.10. The van der Waals surface area contributed by atoms with Gasteiger partial charge in [-0.05, 0) is 52.9 Å². The fourth-order valence-corrected chi connectivity index (χ4v) is 3.14. The predicted molar refractivity (Wildman–Crippen MR) is 79.2 cm³/mol. The van der Waals surface area contributed by atoms with E-state index in [1.807, 2.05) is 18.2 Å². The van der Waals surface area contributed by atoms with Crippen molar-refractivity contribution >= 4 is 39.2 Å². The van der Waals surface area contributed by atoms with E-state index >= 15 is 0 Å². The molecule has 96 valence electrons. The fourth-order valence-electron chi connectivity index (χ4n) is 2.66. The molecule has 0 aromatic heterocycles. The zero-order valence-electron chi connectivity index (χ0n) is 9.94. The number of aliphatic imine (C=N–C) groups is 1. The maximum absolute atomic E-state index is 6.03. The third-order valence-corrected chi connectivity index (χ3v) is 5.11. The molecule has 2 N–H and O–H groups in total. The molecule has 2 aliphatic rings. The number of hydrogen-bond donors (Lipinski definition) is 1. The fraction of sp³-hybridized carbons (Fsp3) is 0.462. The second-order valence-corrected chi connectivity index (χ2v) is 6.19. The Balaban J connectivity index is 1.91. The molecule has 18 heavy (non-hydrogen) atoms. The van der Waals surface area contributed by atoms with Crippen LogP contribution < -0.4 is 10.6 Å². The molecule has 1 heterocycles. The maximum atomic E-state index is 6.03. The summed E-state index contributed by atoms with van der Waals surface area (Å²) in [5.74, 6) is 1.35. The molecule has 0 saturated heterocycles. The minimum absolute atomic E-state index is 0.423. The van der Waals surface area contributed by atoms with Crippen molar-refractivity contribution in [3.63, 3.8) is 0 Å². The summed E-state index contributed by atoms with van der Waals surface area (Å²) in [5, 5.41) is 0.716. The average molecular weight is 329 g/mol. The molecule has 1 aliphatic carbocycles. The number of rotatable bonds is 2. The zero-order valence-corrected chi connectivity index (χ0v) is 12.3. The molecule has 0 amide bonds. The van der Waals surface area contributed by atoms with Crippen molar-refractivity contribution in [2.75, 3.05) is 11.4 Å². The first kappa shape index (κ1) is 12.3. The van der Waals surface area contributed by atoms with Gasteiger partial charge < -0.3 is 10.6 Å². The molecule has 1 saturated carbocycles. The molecule has 1 aromatic rings. The van der Waals surface area contributed by atoms with Crippen molar-refractivity contribution in [3.05, 3.63) is 27.7 Å². The minimum Gasteiger partial charge on any atom is -0.370 e. The molecule has 1 atom stereocenters. The molecule has 1 aliphatic heterocycles. The lowest BCUT2D eigenvalue weighted by atomic mass is 9.79. The van der Waals surface area contributed by atoms with Gasteiger partial charge in [-0.3, -0.25) is 4.99 Å². The first-order chi connectivity index (χ1) is 8.66. The highest BCUT2D eigenvalue weighted by atomic mass is 79.9. The Labute approximate surface area is 120 Å². The lowest BCUT2D eigenvalue weighted by Crippen LogP contribution is -2.46. The van der Waals surface area contributed by atoms with Crippen molar-refractivity contribution in [2.45, 2.75) is 25.3 Å². The molecular weight excluding hydrogens is 314 g/mol. The highest BCUT2D eigenvalue weighted by Crippen LogP contribution is 2.37. The van der Waals surface area contributed by atoms with Crippen LogP contribution in [0.25, 0.3) is 0 Å². The Morgan fingerprint density at radius 3 is 2.78 bits per heavy atom. The Hall–Kier alpha value is -0.740. The summed E-state index contributed by atoms with van der Waals surface area (Å²) in [6, 6.07) is 6.34. The highest BCUT2D eigenvalue weighted by Gasteiger charge is 2.36. The van der Waals surface area contributed by atoms with Gasteiger partial charge in [-0.15, -0.1) is 0 Å². The lowest BCUT2D eigenvalue weighted by molar-refractivity contribution is 0.271. The molecule has 1 fully saturated rings. The molecule has 1 aromatic carbocycles. The van der Waals surface area contributed by atoms with Crippen LogP contribution in [-0.2, 0) is 0 Å². The normalized spacial score (nSPS) is 24.0. The molecule has 3 nitrogen and oxygen atoms in total. The first-order valence-electron chi connectivity index (χ1n) is 6.21. The molecule has 0 spiro atoms. The first-order valence-corrected chi connectivity index (χ1v) is 7.38. The Kier molecular flexibility index (Phi) is 3.24. The van der Waals surface area contributed by atoms with Gasteiger partial charge in [0.2, 0.25) is 0 Å². The zero-order chi connectivity index (χ0) is 12.7. The molecule has 1 unspecified atom stereocenters. The molecule has 5 heteroatoms. The van der Waals surface area contributed by atoms with Gasteiger partial charge in [0, 0.05) is 10.2 Å². The van der Waals surface area contributed by atoms with E-state index in [0.717, 1.165) is 22.6 Å². The van der Waals surface area contributed by atoms with Gasteiger partial charge in [0.05, 0.1) is 17.6 Å². The molecular formula is C13H15BrClN3. The highest BCUT2D eigenvalue weighted by molar-refractivity contribution is 9.10. The number of anilines is 1. The van der Waals surface area contributed by atoms with E-state index in [-0.39, 0.29) is 0 Å². The average Bonchev–Trinajstić information content (AvgIpc) is 2.62. The third kappa shape index (κ3) is 2.01. The maximum Gasteiger partial charge on any atom is 0.196 e. The van der Waals surface area contributed by atoms with Crippen LogP contribution in [-0.4, -0.2) is 18.5 Å². The topological polar surface area (TPSA) is 41.6 Å². The second-order valence-electron chi connectivity index (χ2n) is 4.93. The molecule has 0 radical (unpaired) electrons. The van der Waals surface area contributed by atoms with Crippen LogP contribution in [0.2, 0.25) is 5.02 Å². The van der Waals surface area contributed by atoms with Crippen molar-refractivity contribution in [1.82, 2.24) is 0 Å². The summed E-state index contributed by atoms with van der Waals surface area (Å²) in [7, 11) is 0. The number of nitrogens with zero attached hydrogens (tertiary/aromatic N) is 2. The SMILES string of the molecule is NC1=NCC(C2CCC2)N1c1ccc(Cl)c(Br)c1. The van der Waals surface area contributed by atoms with Crippen molar-refractivity contribution in [2.24, 2.45) is 16.6 Å². The quantitative estimate of drug-likeness (QED) is 0.904. The summed E-state index contributed by atoms with van der Waals surface area (Å²) in [6.07, 6.45) is 3.91. The van der Waals surface area contributed by atoms with Crippen LogP contribution in [0.3, 0.4) is 0 Å². The number of guanidine groups is 1. The van der Waals surface area contributed by atoms with E-state index in [1.54, 1.807) is 0 Å². The van der Waals surface area contributed by atoms with Gasteiger partial charge in [-0.2, -0.15) is 0 Å². The third-order valence-electron chi connectivity index (χ3n) is 3.89.